The second kappa shape index (κ2) is 12.6. The SMILES string of the molecule is O=C(NCc1ccncc1)c1cc(F)cc(NS(=O)(=O)CC2CN(C(c3ccc(Cl)cc3)c3ccc(Cl)cc3)C2)c1. The van der Waals surface area contributed by atoms with E-state index in [4.69, 9.17) is 23.2 Å². The molecule has 1 amide bonds. The summed E-state index contributed by atoms with van der Waals surface area (Å²) in [6.07, 6.45) is 3.21. The van der Waals surface area contributed by atoms with Crippen molar-refractivity contribution >= 4 is 44.8 Å². The number of amides is 1. The van der Waals surface area contributed by atoms with Crippen LogP contribution in [0.4, 0.5) is 10.1 Å². The molecule has 0 aliphatic carbocycles. The van der Waals surface area contributed by atoms with Gasteiger partial charge in [-0.2, -0.15) is 0 Å². The van der Waals surface area contributed by atoms with E-state index >= 15 is 0 Å². The Morgan fingerprint density at radius 1 is 0.927 bits per heavy atom. The number of nitrogens with zero attached hydrogens (tertiary/aromatic N) is 2. The highest BCUT2D eigenvalue weighted by Gasteiger charge is 2.36. The van der Waals surface area contributed by atoms with E-state index in [2.05, 4.69) is 19.9 Å². The van der Waals surface area contributed by atoms with Gasteiger partial charge < -0.3 is 5.32 Å². The van der Waals surface area contributed by atoms with E-state index in [-0.39, 0.29) is 35.5 Å². The number of carbonyl (C=O) groups excluding carboxylic acids is 1. The van der Waals surface area contributed by atoms with Crippen molar-refractivity contribution < 1.29 is 17.6 Å². The van der Waals surface area contributed by atoms with Crippen LogP contribution in [0.15, 0.2) is 91.3 Å². The molecule has 4 aromatic rings. The Morgan fingerprint density at radius 2 is 1.51 bits per heavy atom. The molecule has 0 radical (unpaired) electrons. The molecule has 7 nitrogen and oxygen atoms in total. The topological polar surface area (TPSA) is 91.4 Å². The van der Waals surface area contributed by atoms with E-state index < -0.39 is 21.7 Å². The molecule has 1 fully saturated rings. The zero-order chi connectivity index (χ0) is 29.0. The standard InChI is InChI=1S/C30H27Cl2FN4O3S/c31-25-5-1-22(2-6-25)29(23-3-7-26(32)8-4-23)37-17-21(18-37)19-41(39,40)36-28-14-24(13-27(33)15-28)30(38)35-16-20-9-11-34-12-10-20/h1-15,21,29,36H,16-19H2,(H,35,38). The maximum absolute atomic E-state index is 14.3. The lowest BCUT2D eigenvalue weighted by molar-refractivity contribution is 0.0813. The summed E-state index contributed by atoms with van der Waals surface area (Å²) in [5.74, 6) is -1.52. The lowest BCUT2D eigenvalue weighted by atomic mass is 9.91. The summed E-state index contributed by atoms with van der Waals surface area (Å²) in [5.41, 5.74) is 2.90. The van der Waals surface area contributed by atoms with Gasteiger partial charge in [0, 0.05) is 53.6 Å². The van der Waals surface area contributed by atoms with Gasteiger partial charge >= 0.3 is 0 Å². The number of nitrogens with one attached hydrogen (secondary N) is 2. The molecule has 5 rings (SSSR count). The number of sulfonamides is 1. The van der Waals surface area contributed by atoms with E-state index in [1.165, 1.54) is 6.07 Å². The van der Waals surface area contributed by atoms with Crippen molar-refractivity contribution in [3.8, 4) is 0 Å². The molecule has 1 aliphatic rings. The minimum Gasteiger partial charge on any atom is -0.348 e. The Kier molecular flexibility index (Phi) is 8.89. The second-order valence-electron chi connectivity index (χ2n) is 9.98. The fourth-order valence-electron chi connectivity index (χ4n) is 4.93. The van der Waals surface area contributed by atoms with E-state index in [0.717, 1.165) is 28.8 Å². The monoisotopic (exact) mass is 612 g/mol. The predicted octanol–water partition coefficient (Wildman–Crippen LogP) is 5.92. The summed E-state index contributed by atoms with van der Waals surface area (Å²) in [4.78, 5) is 18.7. The van der Waals surface area contributed by atoms with Crippen LogP contribution in [0.1, 0.15) is 33.1 Å². The van der Waals surface area contributed by atoms with Crippen molar-refractivity contribution in [1.29, 1.82) is 0 Å². The third kappa shape index (κ3) is 7.62. The number of rotatable bonds is 10. The fourth-order valence-corrected chi connectivity index (χ4v) is 6.57. The molecule has 212 valence electrons. The maximum atomic E-state index is 14.3. The summed E-state index contributed by atoms with van der Waals surface area (Å²) < 4.78 is 42.8. The number of carbonyl (C=O) groups is 1. The van der Waals surface area contributed by atoms with Crippen molar-refractivity contribution in [2.75, 3.05) is 23.6 Å². The van der Waals surface area contributed by atoms with Crippen LogP contribution >= 0.6 is 23.2 Å². The molecule has 0 spiro atoms. The molecule has 1 aromatic heterocycles. The van der Waals surface area contributed by atoms with E-state index in [1.54, 1.807) is 24.5 Å². The fraction of sp³-hybridized carbons (Fsp3) is 0.200. The highest BCUT2D eigenvalue weighted by atomic mass is 35.5. The van der Waals surface area contributed by atoms with E-state index in [0.29, 0.717) is 23.1 Å². The third-order valence-corrected chi connectivity index (χ3v) is 8.77. The molecule has 1 aliphatic heterocycles. The van der Waals surface area contributed by atoms with Crippen LogP contribution in [0, 0.1) is 11.7 Å². The lowest BCUT2D eigenvalue weighted by Gasteiger charge is -2.44. The van der Waals surface area contributed by atoms with Gasteiger partial charge in [0.05, 0.1) is 17.5 Å². The van der Waals surface area contributed by atoms with Gasteiger partial charge in [-0.3, -0.25) is 19.4 Å². The molecular formula is C30H27Cl2FN4O3S. The third-order valence-electron chi connectivity index (χ3n) is 6.81. The number of aromatic nitrogens is 1. The summed E-state index contributed by atoms with van der Waals surface area (Å²) in [6, 6.07) is 22.0. The Labute approximate surface area is 248 Å². The van der Waals surface area contributed by atoms with Crippen molar-refractivity contribution in [3.05, 3.63) is 129 Å². The molecular weight excluding hydrogens is 586 g/mol. The molecule has 2 N–H and O–H groups in total. The number of benzene rings is 3. The van der Waals surface area contributed by atoms with Crippen LogP contribution in [-0.4, -0.2) is 43.1 Å². The van der Waals surface area contributed by atoms with Crippen molar-refractivity contribution in [1.82, 2.24) is 15.2 Å². The van der Waals surface area contributed by atoms with E-state index in [9.17, 15) is 17.6 Å². The second-order valence-corrected chi connectivity index (χ2v) is 12.6. The molecule has 3 aromatic carbocycles. The summed E-state index contributed by atoms with van der Waals surface area (Å²) >= 11 is 12.2. The minimum atomic E-state index is -3.82. The lowest BCUT2D eigenvalue weighted by Crippen LogP contribution is -2.51. The molecule has 0 saturated carbocycles. The average Bonchev–Trinajstić information content (AvgIpc) is 2.92. The maximum Gasteiger partial charge on any atom is 0.251 e. The Hall–Kier alpha value is -3.50. The summed E-state index contributed by atoms with van der Waals surface area (Å²) in [7, 11) is -3.82. The van der Waals surface area contributed by atoms with Gasteiger partial charge in [-0.15, -0.1) is 0 Å². The number of halogens is 3. The number of anilines is 1. The Morgan fingerprint density at radius 3 is 2.10 bits per heavy atom. The molecule has 0 unspecified atom stereocenters. The molecule has 0 bridgehead atoms. The van der Waals surface area contributed by atoms with Crippen LogP contribution in [0.5, 0.6) is 0 Å². The summed E-state index contributed by atoms with van der Waals surface area (Å²) in [6.45, 7) is 1.31. The quantitative estimate of drug-likeness (QED) is 0.232. The smallest absolute Gasteiger partial charge is 0.251 e. The van der Waals surface area contributed by atoms with Gasteiger partial charge in [0.1, 0.15) is 5.82 Å². The first-order valence-corrected chi connectivity index (χ1v) is 15.3. The molecule has 2 heterocycles. The highest BCUT2D eigenvalue weighted by molar-refractivity contribution is 7.92. The normalized spacial score (nSPS) is 14.0. The van der Waals surface area contributed by atoms with Gasteiger partial charge in [-0.25, -0.2) is 12.8 Å². The van der Waals surface area contributed by atoms with Crippen molar-refractivity contribution in [2.45, 2.75) is 12.6 Å². The number of likely N-dealkylation sites (tertiary alicyclic amines) is 1. The molecule has 0 atom stereocenters. The summed E-state index contributed by atoms with van der Waals surface area (Å²) in [5, 5.41) is 3.97. The zero-order valence-electron chi connectivity index (χ0n) is 21.8. The largest absolute Gasteiger partial charge is 0.348 e. The molecule has 11 heteroatoms. The number of pyridine rings is 1. The first-order chi connectivity index (χ1) is 19.6. The predicted molar refractivity (Wildman–Crippen MR) is 159 cm³/mol. The number of hydrogen-bond donors (Lipinski definition) is 2. The highest BCUT2D eigenvalue weighted by Crippen LogP contribution is 2.36. The average molecular weight is 614 g/mol. The van der Waals surface area contributed by atoms with Crippen LogP contribution in [-0.2, 0) is 16.6 Å². The van der Waals surface area contributed by atoms with E-state index in [1.807, 2.05) is 48.5 Å². The zero-order valence-corrected chi connectivity index (χ0v) is 24.1. The van der Waals surface area contributed by atoms with Gasteiger partial charge in [-0.1, -0.05) is 47.5 Å². The Balaban J connectivity index is 1.22. The van der Waals surface area contributed by atoms with Crippen molar-refractivity contribution in [3.63, 3.8) is 0 Å². The van der Waals surface area contributed by atoms with Crippen LogP contribution in [0.2, 0.25) is 10.0 Å². The number of hydrogen-bond acceptors (Lipinski definition) is 5. The van der Waals surface area contributed by atoms with Crippen LogP contribution in [0.25, 0.3) is 0 Å². The van der Waals surface area contributed by atoms with Crippen molar-refractivity contribution in [2.24, 2.45) is 5.92 Å². The van der Waals surface area contributed by atoms with Gasteiger partial charge in [0.15, 0.2) is 0 Å². The van der Waals surface area contributed by atoms with Crippen LogP contribution < -0.4 is 10.0 Å². The Bertz CT molecular complexity index is 1570. The molecule has 1 saturated heterocycles. The van der Waals surface area contributed by atoms with Gasteiger partial charge in [0.2, 0.25) is 10.0 Å². The van der Waals surface area contributed by atoms with Crippen LogP contribution in [0.3, 0.4) is 0 Å². The minimum absolute atomic E-state index is 0.00422. The first kappa shape index (κ1) is 29.0. The first-order valence-electron chi connectivity index (χ1n) is 12.9. The molecule has 41 heavy (non-hydrogen) atoms. The van der Waals surface area contributed by atoms with Gasteiger partial charge in [-0.05, 0) is 71.3 Å². The van der Waals surface area contributed by atoms with Gasteiger partial charge in [0.25, 0.3) is 5.91 Å².